The van der Waals surface area contributed by atoms with Crippen LogP contribution in [0.4, 0.5) is 11.4 Å². The summed E-state index contributed by atoms with van der Waals surface area (Å²) < 4.78 is 32.0. The van der Waals surface area contributed by atoms with Gasteiger partial charge in [0, 0.05) is 61.8 Å². The number of rotatable bonds is 12. The quantitative estimate of drug-likeness (QED) is 0.420. The van der Waals surface area contributed by atoms with Gasteiger partial charge in [0.25, 0.3) is 0 Å². The summed E-state index contributed by atoms with van der Waals surface area (Å²) in [4.78, 5) is 29.4. The molecular formula is C26H36N4O8. The van der Waals surface area contributed by atoms with Crippen LogP contribution in [0.2, 0.25) is 0 Å². The molecule has 2 aromatic carbocycles. The average Bonchev–Trinajstić information content (AvgIpc) is 2.92. The lowest BCUT2D eigenvalue weighted by Gasteiger charge is -2.33. The Hall–Kier alpha value is -3.90. The van der Waals surface area contributed by atoms with Gasteiger partial charge in [0.15, 0.2) is 23.0 Å². The van der Waals surface area contributed by atoms with Crippen molar-refractivity contribution in [2.24, 2.45) is 0 Å². The van der Waals surface area contributed by atoms with Crippen LogP contribution in [0.3, 0.4) is 0 Å². The Morgan fingerprint density at radius 1 is 0.579 bits per heavy atom. The Kier molecular flexibility index (Phi) is 10.3. The molecule has 1 saturated heterocycles. The summed E-state index contributed by atoms with van der Waals surface area (Å²) in [6.07, 6.45) is 0. The van der Waals surface area contributed by atoms with E-state index >= 15 is 0 Å². The van der Waals surface area contributed by atoms with E-state index in [1.807, 2.05) is 9.80 Å². The molecule has 2 amide bonds. The molecule has 0 saturated carbocycles. The van der Waals surface area contributed by atoms with Crippen LogP contribution in [0.5, 0.6) is 34.5 Å². The van der Waals surface area contributed by atoms with Crippen LogP contribution in [0.15, 0.2) is 24.3 Å². The standard InChI is InChI=1S/C26H36N4O8/c1-33-19-11-17(12-20(34-2)25(19)37-5)27-23(31)15-29-7-9-30(10-8-29)16-24(32)28-18-13-21(35-3)26(38-6)22(14-18)36-4/h11-14H,7-10,15-16H2,1-6H3,(H,27,31)(H,28,32). The molecule has 3 rings (SSSR count). The topological polar surface area (TPSA) is 120 Å². The number of anilines is 2. The number of carbonyl (C=O) groups is 2. The van der Waals surface area contributed by atoms with Crippen LogP contribution in [-0.4, -0.2) is 104 Å². The van der Waals surface area contributed by atoms with Crippen LogP contribution < -0.4 is 39.1 Å². The molecule has 0 bridgehead atoms. The number of nitrogens with one attached hydrogen (secondary N) is 2. The van der Waals surface area contributed by atoms with E-state index in [0.717, 1.165) is 0 Å². The molecule has 1 aliphatic heterocycles. The Morgan fingerprint density at radius 2 is 0.868 bits per heavy atom. The maximum absolute atomic E-state index is 12.7. The zero-order valence-corrected chi connectivity index (χ0v) is 22.7. The van der Waals surface area contributed by atoms with E-state index in [1.165, 1.54) is 42.7 Å². The van der Waals surface area contributed by atoms with Crippen molar-refractivity contribution in [3.8, 4) is 34.5 Å². The van der Waals surface area contributed by atoms with E-state index in [0.29, 0.717) is 72.1 Å². The predicted molar refractivity (Wildman–Crippen MR) is 142 cm³/mol. The minimum absolute atomic E-state index is 0.159. The third kappa shape index (κ3) is 7.11. The van der Waals surface area contributed by atoms with Crippen LogP contribution in [0.25, 0.3) is 0 Å². The summed E-state index contributed by atoms with van der Waals surface area (Å²) in [6.45, 7) is 3.06. The number of amides is 2. The summed E-state index contributed by atoms with van der Waals surface area (Å²) >= 11 is 0. The molecule has 208 valence electrons. The highest BCUT2D eigenvalue weighted by Gasteiger charge is 2.22. The van der Waals surface area contributed by atoms with E-state index in [2.05, 4.69) is 10.6 Å². The Balaban J connectivity index is 1.49. The number of piperazine rings is 1. The largest absolute Gasteiger partial charge is 0.493 e. The summed E-state index contributed by atoms with van der Waals surface area (Å²) in [6, 6.07) is 6.74. The van der Waals surface area contributed by atoms with Gasteiger partial charge >= 0.3 is 0 Å². The lowest BCUT2D eigenvalue weighted by molar-refractivity contribution is -0.120. The van der Waals surface area contributed by atoms with Gasteiger partial charge in [0.05, 0.1) is 55.7 Å². The summed E-state index contributed by atoms with van der Waals surface area (Å²) in [7, 11) is 9.13. The first-order chi connectivity index (χ1) is 18.3. The molecule has 0 aromatic heterocycles. The maximum atomic E-state index is 12.7. The van der Waals surface area contributed by atoms with Gasteiger partial charge < -0.3 is 39.1 Å². The van der Waals surface area contributed by atoms with Gasteiger partial charge in [-0.25, -0.2) is 0 Å². The minimum atomic E-state index is -0.159. The first-order valence-corrected chi connectivity index (χ1v) is 12.0. The van der Waals surface area contributed by atoms with Crippen molar-refractivity contribution in [1.82, 2.24) is 9.80 Å². The van der Waals surface area contributed by atoms with Gasteiger partial charge in [0.2, 0.25) is 23.3 Å². The Bertz CT molecular complexity index is 981. The number of hydrogen-bond acceptors (Lipinski definition) is 10. The van der Waals surface area contributed by atoms with Crippen molar-refractivity contribution < 1.29 is 38.0 Å². The van der Waals surface area contributed by atoms with E-state index in [1.54, 1.807) is 24.3 Å². The number of methoxy groups -OCH3 is 6. The molecule has 2 N–H and O–H groups in total. The van der Waals surface area contributed by atoms with Crippen LogP contribution in [-0.2, 0) is 9.59 Å². The lowest BCUT2D eigenvalue weighted by atomic mass is 10.2. The number of benzene rings is 2. The number of ether oxygens (including phenoxy) is 6. The first-order valence-electron chi connectivity index (χ1n) is 12.0. The highest BCUT2D eigenvalue weighted by molar-refractivity contribution is 5.93. The van der Waals surface area contributed by atoms with Crippen molar-refractivity contribution in [2.75, 3.05) is 92.6 Å². The Morgan fingerprint density at radius 3 is 1.11 bits per heavy atom. The third-order valence-electron chi connectivity index (χ3n) is 6.10. The van der Waals surface area contributed by atoms with Gasteiger partial charge in [-0.1, -0.05) is 0 Å². The van der Waals surface area contributed by atoms with Crippen molar-refractivity contribution in [2.45, 2.75) is 0 Å². The van der Waals surface area contributed by atoms with Crippen LogP contribution >= 0.6 is 0 Å². The second-order valence-corrected chi connectivity index (χ2v) is 8.48. The second kappa shape index (κ2) is 13.6. The molecule has 2 aromatic rings. The molecule has 12 heteroatoms. The smallest absolute Gasteiger partial charge is 0.238 e. The van der Waals surface area contributed by atoms with Gasteiger partial charge in [-0.15, -0.1) is 0 Å². The molecule has 38 heavy (non-hydrogen) atoms. The molecule has 0 atom stereocenters. The normalized spacial score (nSPS) is 13.8. The first kappa shape index (κ1) is 28.7. The fourth-order valence-electron chi connectivity index (χ4n) is 4.22. The van der Waals surface area contributed by atoms with Crippen molar-refractivity contribution in [3.05, 3.63) is 24.3 Å². The SMILES string of the molecule is COc1cc(NC(=O)CN2CCN(CC(=O)Nc3cc(OC)c(OC)c(OC)c3)CC2)cc(OC)c1OC. The fraction of sp³-hybridized carbons (Fsp3) is 0.462. The number of hydrogen-bond donors (Lipinski definition) is 2. The van der Waals surface area contributed by atoms with Crippen LogP contribution in [0.1, 0.15) is 0 Å². The second-order valence-electron chi connectivity index (χ2n) is 8.48. The molecule has 1 aliphatic rings. The molecule has 1 heterocycles. The van der Waals surface area contributed by atoms with Gasteiger partial charge in [-0.3, -0.25) is 19.4 Å². The summed E-state index contributed by atoms with van der Waals surface area (Å²) in [5, 5.41) is 5.77. The van der Waals surface area contributed by atoms with Crippen molar-refractivity contribution >= 4 is 23.2 Å². The van der Waals surface area contributed by atoms with Gasteiger partial charge in [-0.05, 0) is 0 Å². The molecule has 12 nitrogen and oxygen atoms in total. The average molecular weight is 533 g/mol. The highest BCUT2D eigenvalue weighted by Crippen LogP contribution is 2.40. The molecule has 0 unspecified atom stereocenters. The molecule has 0 aliphatic carbocycles. The van der Waals surface area contributed by atoms with E-state index in [9.17, 15) is 9.59 Å². The zero-order chi connectivity index (χ0) is 27.7. The van der Waals surface area contributed by atoms with Crippen LogP contribution in [0, 0.1) is 0 Å². The number of carbonyl (C=O) groups excluding carboxylic acids is 2. The zero-order valence-electron chi connectivity index (χ0n) is 22.7. The minimum Gasteiger partial charge on any atom is -0.493 e. The lowest BCUT2D eigenvalue weighted by Crippen LogP contribution is -2.50. The Labute approximate surface area is 222 Å². The molecular weight excluding hydrogens is 496 g/mol. The highest BCUT2D eigenvalue weighted by atomic mass is 16.5. The maximum Gasteiger partial charge on any atom is 0.238 e. The molecule has 0 spiro atoms. The molecule has 0 radical (unpaired) electrons. The van der Waals surface area contributed by atoms with Crippen molar-refractivity contribution in [1.29, 1.82) is 0 Å². The van der Waals surface area contributed by atoms with E-state index in [4.69, 9.17) is 28.4 Å². The summed E-state index contributed by atoms with van der Waals surface area (Å²) in [5.41, 5.74) is 1.10. The fourth-order valence-corrected chi connectivity index (χ4v) is 4.22. The van der Waals surface area contributed by atoms with E-state index < -0.39 is 0 Å². The third-order valence-corrected chi connectivity index (χ3v) is 6.10. The van der Waals surface area contributed by atoms with E-state index in [-0.39, 0.29) is 24.9 Å². The molecule has 1 fully saturated rings. The van der Waals surface area contributed by atoms with Gasteiger partial charge in [-0.2, -0.15) is 0 Å². The predicted octanol–water partition coefficient (Wildman–Crippen LogP) is 1.93. The van der Waals surface area contributed by atoms with Gasteiger partial charge in [0.1, 0.15) is 0 Å². The summed E-state index contributed by atoms with van der Waals surface area (Å²) in [5.74, 6) is 2.43. The number of nitrogens with zero attached hydrogens (tertiary/aromatic N) is 2. The van der Waals surface area contributed by atoms with Crippen molar-refractivity contribution in [3.63, 3.8) is 0 Å². The monoisotopic (exact) mass is 532 g/mol.